The van der Waals surface area contributed by atoms with Gasteiger partial charge in [-0.25, -0.2) is 4.98 Å². The van der Waals surface area contributed by atoms with Gasteiger partial charge in [-0.15, -0.1) is 0 Å². The third kappa shape index (κ3) is 2.60. The molecule has 0 fully saturated rings. The highest BCUT2D eigenvalue weighted by atomic mass is 32.1. The largest absolute Gasteiger partial charge is 0.497 e. The van der Waals surface area contributed by atoms with Gasteiger partial charge >= 0.3 is 0 Å². The number of anilines is 1. The van der Waals surface area contributed by atoms with E-state index in [0.717, 1.165) is 16.0 Å². The van der Waals surface area contributed by atoms with Crippen LogP contribution in [0.1, 0.15) is 13.3 Å². The Hall–Kier alpha value is -1.66. The van der Waals surface area contributed by atoms with Gasteiger partial charge in [-0.3, -0.25) is 4.79 Å². The second-order valence-electron chi connectivity index (χ2n) is 3.86. The molecule has 3 N–H and O–H groups in total. The molecular weight excluding hydrogens is 250 g/mol. The Kier molecular flexibility index (Phi) is 3.78. The number of aromatic nitrogens is 1. The molecule has 0 saturated carbocycles. The van der Waals surface area contributed by atoms with Crippen LogP contribution in [0.4, 0.5) is 5.13 Å². The summed E-state index contributed by atoms with van der Waals surface area (Å²) < 4.78 is 6.11. The SMILES string of the molecule is CC[C@H](N)C(=O)Nc1nc2ccc(OC)cc2s1. The topological polar surface area (TPSA) is 77.2 Å². The van der Waals surface area contributed by atoms with Crippen molar-refractivity contribution in [2.45, 2.75) is 19.4 Å². The highest BCUT2D eigenvalue weighted by molar-refractivity contribution is 7.22. The molecule has 1 aromatic heterocycles. The van der Waals surface area contributed by atoms with E-state index in [1.807, 2.05) is 25.1 Å². The minimum Gasteiger partial charge on any atom is -0.497 e. The molecule has 1 aromatic carbocycles. The van der Waals surface area contributed by atoms with E-state index in [9.17, 15) is 4.79 Å². The smallest absolute Gasteiger partial charge is 0.243 e. The Labute approximate surface area is 109 Å². The van der Waals surface area contributed by atoms with Crippen molar-refractivity contribution < 1.29 is 9.53 Å². The molecule has 0 unspecified atom stereocenters. The summed E-state index contributed by atoms with van der Waals surface area (Å²) >= 11 is 1.40. The molecule has 1 amide bonds. The number of hydrogen-bond acceptors (Lipinski definition) is 5. The quantitative estimate of drug-likeness (QED) is 0.886. The first-order valence-electron chi connectivity index (χ1n) is 5.65. The van der Waals surface area contributed by atoms with E-state index in [4.69, 9.17) is 10.5 Å². The molecule has 0 aliphatic rings. The molecule has 2 rings (SSSR count). The fourth-order valence-corrected chi connectivity index (χ4v) is 2.37. The van der Waals surface area contributed by atoms with Crippen LogP contribution in [0.3, 0.4) is 0 Å². The van der Waals surface area contributed by atoms with Gasteiger partial charge in [0.15, 0.2) is 5.13 Å². The summed E-state index contributed by atoms with van der Waals surface area (Å²) in [6.45, 7) is 1.87. The minimum atomic E-state index is -0.494. The lowest BCUT2D eigenvalue weighted by molar-refractivity contribution is -0.117. The van der Waals surface area contributed by atoms with Gasteiger partial charge in [0.2, 0.25) is 5.91 Å². The number of benzene rings is 1. The van der Waals surface area contributed by atoms with Gasteiger partial charge in [-0.05, 0) is 24.6 Å². The summed E-state index contributed by atoms with van der Waals surface area (Å²) in [6, 6.07) is 5.10. The van der Waals surface area contributed by atoms with E-state index in [1.54, 1.807) is 7.11 Å². The van der Waals surface area contributed by atoms with Crippen molar-refractivity contribution >= 4 is 32.6 Å². The van der Waals surface area contributed by atoms with Crippen molar-refractivity contribution in [1.29, 1.82) is 0 Å². The standard InChI is InChI=1S/C12H15N3O2S/c1-3-8(13)11(16)15-12-14-9-5-4-7(17-2)6-10(9)18-12/h4-6,8H,3,13H2,1-2H3,(H,14,15,16)/t8-/m0/s1. The molecule has 0 saturated heterocycles. The summed E-state index contributed by atoms with van der Waals surface area (Å²) in [6.07, 6.45) is 0.602. The lowest BCUT2D eigenvalue weighted by Gasteiger charge is -2.06. The summed E-state index contributed by atoms with van der Waals surface area (Å²) in [7, 11) is 1.62. The van der Waals surface area contributed by atoms with Crippen molar-refractivity contribution in [1.82, 2.24) is 4.98 Å². The number of carbonyl (C=O) groups is 1. The monoisotopic (exact) mass is 265 g/mol. The van der Waals surface area contributed by atoms with Crippen LogP contribution >= 0.6 is 11.3 Å². The van der Waals surface area contributed by atoms with Crippen LogP contribution in [-0.2, 0) is 4.79 Å². The van der Waals surface area contributed by atoms with Crippen LogP contribution in [0.2, 0.25) is 0 Å². The molecule has 1 heterocycles. The molecule has 0 aliphatic heterocycles. The van der Waals surface area contributed by atoms with Gasteiger partial charge in [0.25, 0.3) is 0 Å². The first-order valence-corrected chi connectivity index (χ1v) is 6.46. The zero-order valence-electron chi connectivity index (χ0n) is 10.3. The average molecular weight is 265 g/mol. The number of fused-ring (bicyclic) bond motifs is 1. The lowest BCUT2D eigenvalue weighted by Crippen LogP contribution is -2.34. The number of hydrogen-bond donors (Lipinski definition) is 2. The van der Waals surface area contributed by atoms with Gasteiger partial charge in [0.1, 0.15) is 5.75 Å². The Morgan fingerprint density at radius 3 is 3.06 bits per heavy atom. The van der Waals surface area contributed by atoms with Gasteiger partial charge < -0.3 is 15.8 Å². The molecule has 0 radical (unpaired) electrons. The Bertz CT molecular complexity index is 567. The number of amides is 1. The number of rotatable bonds is 4. The number of ether oxygens (including phenoxy) is 1. The fraction of sp³-hybridized carbons (Fsp3) is 0.333. The second-order valence-corrected chi connectivity index (χ2v) is 4.89. The Morgan fingerprint density at radius 1 is 1.61 bits per heavy atom. The predicted octanol–water partition coefficient (Wildman–Crippen LogP) is 1.98. The van der Waals surface area contributed by atoms with Crippen LogP contribution in [0.15, 0.2) is 18.2 Å². The first-order chi connectivity index (χ1) is 8.63. The normalized spacial score (nSPS) is 12.4. The van der Waals surface area contributed by atoms with Crippen LogP contribution in [0.25, 0.3) is 10.2 Å². The zero-order chi connectivity index (χ0) is 13.1. The molecule has 18 heavy (non-hydrogen) atoms. The summed E-state index contributed by atoms with van der Waals surface area (Å²) in [5.41, 5.74) is 6.48. The Balaban J connectivity index is 2.22. The molecule has 2 aromatic rings. The third-order valence-electron chi connectivity index (χ3n) is 2.60. The summed E-state index contributed by atoms with van der Waals surface area (Å²) in [5.74, 6) is 0.567. The number of nitrogens with zero attached hydrogens (tertiary/aromatic N) is 1. The zero-order valence-corrected chi connectivity index (χ0v) is 11.1. The lowest BCUT2D eigenvalue weighted by atomic mass is 10.2. The van der Waals surface area contributed by atoms with Crippen LogP contribution in [0, 0.1) is 0 Å². The Morgan fingerprint density at radius 2 is 2.39 bits per heavy atom. The van der Waals surface area contributed by atoms with Crippen molar-refractivity contribution in [3.63, 3.8) is 0 Å². The van der Waals surface area contributed by atoms with E-state index in [1.165, 1.54) is 11.3 Å². The molecule has 0 aliphatic carbocycles. The third-order valence-corrected chi connectivity index (χ3v) is 3.54. The molecule has 96 valence electrons. The van der Waals surface area contributed by atoms with Gasteiger partial charge in [0, 0.05) is 0 Å². The van der Waals surface area contributed by atoms with Crippen molar-refractivity contribution in [3.05, 3.63) is 18.2 Å². The average Bonchev–Trinajstić information content (AvgIpc) is 2.78. The maximum Gasteiger partial charge on any atom is 0.243 e. The summed E-state index contributed by atoms with van der Waals surface area (Å²) in [5, 5.41) is 3.28. The van der Waals surface area contributed by atoms with Crippen LogP contribution in [0.5, 0.6) is 5.75 Å². The molecule has 1 atom stereocenters. The second kappa shape index (κ2) is 5.32. The van der Waals surface area contributed by atoms with Gasteiger partial charge in [0.05, 0.1) is 23.4 Å². The van der Waals surface area contributed by atoms with E-state index in [2.05, 4.69) is 10.3 Å². The number of thiazole rings is 1. The first kappa shape index (κ1) is 12.8. The minimum absolute atomic E-state index is 0.205. The maximum atomic E-state index is 11.6. The van der Waals surface area contributed by atoms with Gasteiger partial charge in [-0.1, -0.05) is 18.3 Å². The van der Waals surface area contributed by atoms with E-state index in [0.29, 0.717) is 11.6 Å². The predicted molar refractivity (Wildman–Crippen MR) is 73.1 cm³/mol. The van der Waals surface area contributed by atoms with Crippen LogP contribution < -0.4 is 15.8 Å². The molecule has 0 bridgehead atoms. The van der Waals surface area contributed by atoms with E-state index >= 15 is 0 Å². The maximum absolute atomic E-state index is 11.6. The van der Waals surface area contributed by atoms with E-state index < -0.39 is 6.04 Å². The van der Waals surface area contributed by atoms with E-state index in [-0.39, 0.29) is 5.91 Å². The number of nitrogens with two attached hydrogens (primary N) is 1. The highest BCUT2D eigenvalue weighted by Gasteiger charge is 2.13. The van der Waals surface area contributed by atoms with Crippen molar-refractivity contribution in [2.24, 2.45) is 5.73 Å². The van der Waals surface area contributed by atoms with Crippen molar-refractivity contribution in [2.75, 3.05) is 12.4 Å². The summed E-state index contributed by atoms with van der Waals surface area (Å²) in [4.78, 5) is 16.0. The number of methoxy groups -OCH3 is 1. The van der Waals surface area contributed by atoms with Crippen molar-refractivity contribution in [3.8, 4) is 5.75 Å². The number of nitrogens with one attached hydrogen (secondary N) is 1. The number of carbonyl (C=O) groups excluding carboxylic acids is 1. The molecule has 5 nitrogen and oxygen atoms in total. The molecule has 6 heteroatoms. The van der Waals surface area contributed by atoms with Gasteiger partial charge in [-0.2, -0.15) is 0 Å². The highest BCUT2D eigenvalue weighted by Crippen LogP contribution is 2.29. The van der Waals surface area contributed by atoms with Crippen LogP contribution in [-0.4, -0.2) is 24.0 Å². The molecule has 0 spiro atoms. The molecular formula is C12H15N3O2S. The fourth-order valence-electron chi connectivity index (χ4n) is 1.47.